The number of amidine groups is 1. The number of nitrogens with zero attached hydrogens (tertiary/aromatic N) is 3. The maximum Gasteiger partial charge on any atom is 0.322 e. The highest BCUT2D eigenvalue weighted by Crippen LogP contribution is 2.18. The van der Waals surface area contributed by atoms with Gasteiger partial charge in [-0.25, -0.2) is 4.98 Å². The zero-order chi connectivity index (χ0) is 13.0. The number of benzene rings is 1. The van der Waals surface area contributed by atoms with E-state index < -0.39 is 0 Å². The van der Waals surface area contributed by atoms with Crippen LogP contribution in [0.15, 0.2) is 41.7 Å². The van der Waals surface area contributed by atoms with E-state index in [1.807, 2.05) is 25.1 Å². The molecule has 6 heteroatoms. The van der Waals surface area contributed by atoms with Gasteiger partial charge in [0.1, 0.15) is 11.4 Å². The number of aryl methyl sites for hydroxylation is 1. The standard InChI is InChI=1S/C12H12N4O2/c1-8-3-2-4-9(7-8)18-12-14-6-5-10(15-12)11(13)16-17/h2-7,17H,1H3,(H2,13,16). The molecule has 6 nitrogen and oxygen atoms in total. The SMILES string of the molecule is Cc1cccc(Oc2nccc(/C(N)=N/O)n2)c1. The molecule has 0 atom stereocenters. The van der Waals surface area contributed by atoms with E-state index in [0.717, 1.165) is 5.56 Å². The van der Waals surface area contributed by atoms with Crippen LogP contribution in [0, 0.1) is 6.92 Å². The second-order valence-electron chi connectivity index (χ2n) is 3.63. The molecule has 3 N–H and O–H groups in total. The minimum Gasteiger partial charge on any atom is -0.424 e. The van der Waals surface area contributed by atoms with Gasteiger partial charge in [-0.1, -0.05) is 17.3 Å². The Morgan fingerprint density at radius 1 is 1.39 bits per heavy atom. The maximum absolute atomic E-state index is 8.57. The van der Waals surface area contributed by atoms with Crippen LogP contribution >= 0.6 is 0 Å². The fraction of sp³-hybridized carbons (Fsp3) is 0.0833. The molecule has 1 aromatic carbocycles. The molecule has 0 fully saturated rings. The highest BCUT2D eigenvalue weighted by molar-refractivity contribution is 5.95. The van der Waals surface area contributed by atoms with Crippen molar-refractivity contribution in [3.05, 3.63) is 47.8 Å². The zero-order valence-corrected chi connectivity index (χ0v) is 9.74. The molecule has 0 saturated heterocycles. The number of nitrogens with two attached hydrogens (primary N) is 1. The van der Waals surface area contributed by atoms with Crippen molar-refractivity contribution in [2.24, 2.45) is 10.9 Å². The Balaban J connectivity index is 2.24. The molecule has 0 bridgehead atoms. The van der Waals surface area contributed by atoms with Crippen LogP contribution in [0.2, 0.25) is 0 Å². The van der Waals surface area contributed by atoms with E-state index in [-0.39, 0.29) is 11.8 Å². The molecule has 1 aromatic heterocycles. The molecule has 0 spiro atoms. The second kappa shape index (κ2) is 5.13. The molecular formula is C12H12N4O2. The molecule has 0 aliphatic carbocycles. The lowest BCUT2D eigenvalue weighted by atomic mass is 10.2. The highest BCUT2D eigenvalue weighted by Gasteiger charge is 2.05. The molecule has 0 radical (unpaired) electrons. The van der Waals surface area contributed by atoms with E-state index >= 15 is 0 Å². The van der Waals surface area contributed by atoms with Gasteiger partial charge in [0, 0.05) is 6.20 Å². The number of hydrogen-bond donors (Lipinski definition) is 2. The van der Waals surface area contributed by atoms with Gasteiger partial charge in [-0.3, -0.25) is 0 Å². The van der Waals surface area contributed by atoms with Gasteiger partial charge in [-0.2, -0.15) is 4.98 Å². The lowest BCUT2D eigenvalue weighted by Gasteiger charge is -2.05. The highest BCUT2D eigenvalue weighted by atomic mass is 16.5. The van der Waals surface area contributed by atoms with Crippen molar-refractivity contribution in [1.29, 1.82) is 0 Å². The second-order valence-corrected chi connectivity index (χ2v) is 3.63. The third-order valence-electron chi connectivity index (χ3n) is 2.20. The predicted molar refractivity (Wildman–Crippen MR) is 65.8 cm³/mol. The third-order valence-corrected chi connectivity index (χ3v) is 2.20. The van der Waals surface area contributed by atoms with Gasteiger partial charge in [-0.05, 0) is 30.7 Å². The van der Waals surface area contributed by atoms with Crippen molar-refractivity contribution < 1.29 is 9.94 Å². The summed E-state index contributed by atoms with van der Waals surface area (Å²) in [6.07, 6.45) is 1.48. The summed E-state index contributed by atoms with van der Waals surface area (Å²) in [5.41, 5.74) is 6.81. The van der Waals surface area contributed by atoms with Crippen LogP contribution in [0.1, 0.15) is 11.3 Å². The van der Waals surface area contributed by atoms with Crippen LogP contribution in [-0.4, -0.2) is 21.0 Å². The summed E-state index contributed by atoms with van der Waals surface area (Å²) in [5, 5.41) is 11.4. The first-order valence-corrected chi connectivity index (χ1v) is 5.24. The van der Waals surface area contributed by atoms with Gasteiger partial charge in [0.25, 0.3) is 0 Å². The van der Waals surface area contributed by atoms with Crippen LogP contribution in [0.5, 0.6) is 11.8 Å². The van der Waals surface area contributed by atoms with Gasteiger partial charge in [0.15, 0.2) is 5.84 Å². The maximum atomic E-state index is 8.57. The van der Waals surface area contributed by atoms with Crippen molar-refractivity contribution in [2.75, 3.05) is 0 Å². The van der Waals surface area contributed by atoms with E-state index in [0.29, 0.717) is 11.4 Å². The molecule has 2 rings (SSSR count). The Morgan fingerprint density at radius 3 is 2.94 bits per heavy atom. The largest absolute Gasteiger partial charge is 0.424 e. The minimum atomic E-state index is -0.0912. The molecular weight excluding hydrogens is 232 g/mol. The van der Waals surface area contributed by atoms with Crippen LogP contribution in [0.25, 0.3) is 0 Å². The third kappa shape index (κ3) is 2.73. The lowest BCUT2D eigenvalue weighted by Crippen LogP contribution is -2.15. The molecule has 0 saturated carbocycles. The average Bonchev–Trinajstić information content (AvgIpc) is 2.38. The minimum absolute atomic E-state index is 0.0912. The van der Waals surface area contributed by atoms with Crippen LogP contribution in [0.3, 0.4) is 0 Å². The van der Waals surface area contributed by atoms with Crippen molar-refractivity contribution in [1.82, 2.24) is 9.97 Å². The van der Waals surface area contributed by atoms with Crippen molar-refractivity contribution >= 4 is 5.84 Å². The molecule has 1 heterocycles. The van der Waals surface area contributed by atoms with Gasteiger partial charge in [0.2, 0.25) is 0 Å². The van der Waals surface area contributed by atoms with E-state index in [1.54, 1.807) is 6.07 Å². The summed E-state index contributed by atoms with van der Waals surface area (Å²) in [4.78, 5) is 7.97. The first-order valence-electron chi connectivity index (χ1n) is 5.24. The van der Waals surface area contributed by atoms with Crippen LogP contribution < -0.4 is 10.5 Å². The van der Waals surface area contributed by atoms with Gasteiger partial charge in [-0.15, -0.1) is 0 Å². The van der Waals surface area contributed by atoms with Crippen LogP contribution in [-0.2, 0) is 0 Å². The smallest absolute Gasteiger partial charge is 0.322 e. The Kier molecular flexibility index (Phi) is 3.38. The van der Waals surface area contributed by atoms with Crippen molar-refractivity contribution in [2.45, 2.75) is 6.92 Å². The fourth-order valence-corrected chi connectivity index (χ4v) is 1.37. The number of aromatic nitrogens is 2. The normalized spacial score (nSPS) is 11.3. The molecule has 92 valence electrons. The summed E-state index contributed by atoms with van der Waals surface area (Å²) >= 11 is 0. The molecule has 18 heavy (non-hydrogen) atoms. The number of ether oxygens (including phenoxy) is 1. The lowest BCUT2D eigenvalue weighted by molar-refractivity contribution is 0.318. The molecule has 0 aliphatic heterocycles. The summed E-state index contributed by atoms with van der Waals surface area (Å²) < 4.78 is 5.48. The molecule has 0 aliphatic rings. The number of hydrogen-bond acceptors (Lipinski definition) is 5. The Morgan fingerprint density at radius 2 is 2.22 bits per heavy atom. The van der Waals surface area contributed by atoms with E-state index in [9.17, 15) is 0 Å². The summed E-state index contributed by atoms with van der Waals surface area (Å²) in [6.45, 7) is 1.96. The first kappa shape index (κ1) is 11.8. The van der Waals surface area contributed by atoms with Crippen LogP contribution in [0.4, 0.5) is 0 Å². The number of oxime groups is 1. The summed E-state index contributed by atoms with van der Waals surface area (Å²) in [7, 11) is 0. The van der Waals surface area contributed by atoms with Crippen molar-refractivity contribution in [3.63, 3.8) is 0 Å². The van der Waals surface area contributed by atoms with Crippen molar-refractivity contribution in [3.8, 4) is 11.8 Å². The topological polar surface area (TPSA) is 93.6 Å². The predicted octanol–water partition coefficient (Wildman–Crippen LogP) is 1.67. The Bertz CT molecular complexity index is 584. The average molecular weight is 244 g/mol. The molecule has 2 aromatic rings. The Hall–Kier alpha value is -2.63. The van der Waals surface area contributed by atoms with Gasteiger partial charge >= 0.3 is 6.01 Å². The zero-order valence-electron chi connectivity index (χ0n) is 9.74. The fourth-order valence-electron chi connectivity index (χ4n) is 1.37. The molecule has 0 amide bonds. The van der Waals surface area contributed by atoms with E-state index in [4.69, 9.17) is 15.7 Å². The van der Waals surface area contributed by atoms with E-state index in [2.05, 4.69) is 15.1 Å². The summed E-state index contributed by atoms with van der Waals surface area (Å²) in [5.74, 6) is 0.540. The first-order chi connectivity index (χ1) is 8.69. The monoisotopic (exact) mass is 244 g/mol. The van der Waals surface area contributed by atoms with E-state index in [1.165, 1.54) is 12.3 Å². The number of rotatable bonds is 3. The summed E-state index contributed by atoms with van der Waals surface area (Å²) in [6, 6.07) is 9.16. The van der Waals surface area contributed by atoms with Gasteiger partial charge in [0.05, 0.1) is 0 Å². The van der Waals surface area contributed by atoms with Gasteiger partial charge < -0.3 is 15.7 Å². The quantitative estimate of drug-likeness (QED) is 0.371. The Labute approximate surface area is 104 Å². The molecule has 0 unspecified atom stereocenters.